The van der Waals surface area contributed by atoms with Crippen molar-refractivity contribution in [2.75, 3.05) is 20.5 Å². The molecule has 1 aliphatic rings. The maximum absolute atomic E-state index is 12.4. The van der Waals surface area contributed by atoms with Crippen LogP contribution in [-0.4, -0.2) is 39.0 Å². The molecule has 2 aromatic rings. The minimum absolute atomic E-state index is 0.458. The van der Waals surface area contributed by atoms with Crippen LogP contribution in [0.5, 0.6) is 11.5 Å². The molecule has 0 aromatic heterocycles. The monoisotopic (exact) mass is 374 g/mol. The Morgan fingerprint density at radius 3 is 2.46 bits per heavy atom. The normalized spacial score (nSPS) is 17.2. The summed E-state index contributed by atoms with van der Waals surface area (Å²) in [5.74, 6) is 1.08. The fourth-order valence-electron chi connectivity index (χ4n) is 3.20. The van der Waals surface area contributed by atoms with Gasteiger partial charge in [-0.25, -0.2) is 8.42 Å². The fourth-order valence-corrected chi connectivity index (χ4v) is 4.10. The lowest BCUT2D eigenvalue weighted by Gasteiger charge is -2.23. The van der Waals surface area contributed by atoms with Gasteiger partial charge in [0.25, 0.3) is 0 Å². The van der Waals surface area contributed by atoms with Gasteiger partial charge in [-0.15, -0.1) is 0 Å². The predicted molar refractivity (Wildman–Crippen MR) is 101 cm³/mol. The van der Waals surface area contributed by atoms with Crippen molar-refractivity contribution >= 4 is 15.7 Å². The second kappa shape index (κ2) is 6.99. The molecule has 0 bridgehead atoms. The van der Waals surface area contributed by atoms with Gasteiger partial charge in [-0.1, -0.05) is 42.0 Å². The number of para-hydroxylation sites is 1. The number of hydrazone groups is 1. The smallest absolute Gasteiger partial charge is 0.247 e. The van der Waals surface area contributed by atoms with Gasteiger partial charge in [0.2, 0.25) is 10.0 Å². The van der Waals surface area contributed by atoms with E-state index in [0.29, 0.717) is 17.9 Å². The summed E-state index contributed by atoms with van der Waals surface area (Å²) in [5, 5.41) is 4.43. The highest BCUT2D eigenvalue weighted by Crippen LogP contribution is 2.42. The summed E-state index contributed by atoms with van der Waals surface area (Å²) in [5.41, 5.74) is 3.47. The van der Waals surface area contributed by atoms with E-state index < -0.39 is 16.1 Å². The zero-order chi connectivity index (χ0) is 18.9. The number of ether oxygens (including phenoxy) is 2. The molecular formula is C19H22N2O4S. The molecule has 0 spiro atoms. The number of rotatable bonds is 5. The third-order valence-corrected chi connectivity index (χ3v) is 5.37. The Hall–Kier alpha value is -2.54. The first kappa shape index (κ1) is 18.3. The number of methoxy groups -OCH3 is 2. The van der Waals surface area contributed by atoms with Crippen molar-refractivity contribution in [3.8, 4) is 11.5 Å². The van der Waals surface area contributed by atoms with Gasteiger partial charge in [-0.05, 0) is 18.6 Å². The molecule has 1 unspecified atom stereocenters. The Bertz CT molecular complexity index is 954. The first-order valence-corrected chi connectivity index (χ1v) is 10.0. The molecule has 1 heterocycles. The number of hydrogen-bond acceptors (Lipinski definition) is 5. The average molecular weight is 374 g/mol. The molecular weight excluding hydrogens is 352 g/mol. The molecule has 0 saturated carbocycles. The number of sulfonamides is 1. The summed E-state index contributed by atoms with van der Waals surface area (Å²) >= 11 is 0. The standard InChI is InChI=1S/C19H22N2O4S/c1-13-7-5-8-14(11-13)16-12-17(21(20-16)26(4,22)23)15-9-6-10-18(24-2)19(15)25-3/h5-11,17H,12H2,1-4H3. The van der Waals surface area contributed by atoms with Crippen molar-refractivity contribution in [2.45, 2.75) is 19.4 Å². The Kier molecular flexibility index (Phi) is 4.91. The van der Waals surface area contributed by atoms with E-state index in [2.05, 4.69) is 5.10 Å². The lowest BCUT2D eigenvalue weighted by atomic mass is 9.97. The Morgan fingerprint density at radius 2 is 1.85 bits per heavy atom. The lowest BCUT2D eigenvalue weighted by molar-refractivity contribution is 0.329. The summed E-state index contributed by atoms with van der Waals surface area (Å²) in [6.07, 6.45) is 1.62. The van der Waals surface area contributed by atoms with Gasteiger partial charge in [-0.3, -0.25) is 0 Å². The number of aryl methyl sites for hydroxylation is 1. The zero-order valence-electron chi connectivity index (χ0n) is 15.3. The molecule has 7 heteroatoms. The van der Waals surface area contributed by atoms with E-state index in [1.165, 1.54) is 4.41 Å². The molecule has 2 aromatic carbocycles. The number of hydrogen-bond donors (Lipinski definition) is 0. The summed E-state index contributed by atoms with van der Waals surface area (Å²) < 4.78 is 36.8. The molecule has 1 atom stereocenters. The summed E-state index contributed by atoms with van der Waals surface area (Å²) in [6.45, 7) is 2.00. The molecule has 26 heavy (non-hydrogen) atoms. The van der Waals surface area contributed by atoms with Crippen molar-refractivity contribution in [1.29, 1.82) is 0 Å². The van der Waals surface area contributed by atoms with Gasteiger partial charge in [0, 0.05) is 12.0 Å². The van der Waals surface area contributed by atoms with Gasteiger partial charge >= 0.3 is 0 Å². The minimum Gasteiger partial charge on any atom is -0.493 e. The van der Waals surface area contributed by atoms with Crippen LogP contribution in [0.15, 0.2) is 47.6 Å². The molecule has 6 nitrogen and oxygen atoms in total. The average Bonchev–Trinajstić information content (AvgIpc) is 3.06. The van der Waals surface area contributed by atoms with E-state index >= 15 is 0 Å². The molecule has 0 N–H and O–H groups in total. The second-order valence-corrected chi connectivity index (χ2v) is 8.09. The third-order valence-electron chi connectivity index (χ3n) is 4.36. The van der Waals surface area contributed by atoms with Gasteiger partial charge in [0.05, 0.1) is 32.2 Å². The van der Waals surface area contributed by atoms with Crippen LogP contribution in [0.3, 0.4) is 0 Å². The maximum Gasteiger partial charge on any atom is 0.247 e. The molecule has 0 amide bonds. The molecule has 0 radical (unpaired) electrons. The third kappa shape index (κ3) is 3.39. The highest BCUT2D eigenvalue weighted by atomic mass is 32.2. The Balaban J connectivity index is 2.09. The summed E-state index contributed by atoms with van der Waals surface area (Å²) in [7, 11) is -0.446. The topological polar surface area (TPSA) is 68.2 Å². The van der Waals surface area contributed by atoms with Crippen molar-refractivity contribution in [1.82, 2.24) is 4.41 Å². The molecule has 0 saturated heterocycles. The zero-order valence-corrected chi connectivity index (χ0v) is 16.1. The predicted octanol–water partition coefficient (Wildman–Crippen LogP) is 3.12. The van der Waals surface area contributed by atoms with Crippen molar-refractivity contribution in [3.63, 3.8) is 0 Å². The van der Waals surface area contributed by atoms with Crippen LogP contribution in [0.2, 0.25) is 0 Å². The van der Waals surface area contributed by atoms with E-state index in [4.69, 9.17) is 9.47 Å². The van der Waals surface area contributed by atoms with E-state index in [-0.39, 0.29) is 0 Å². The highest BCUT2D eigenvalue weighted by Gasteiger charge is 2.36. The van der Waals surface area contributed by atoms with Crippen LogP contribution in [0.4, 0.5) is 0 Å². The van der Waals surface area contributed by atoms with Gasteiger partial charge in [0.1, 0.15) is 0 Å². The summed E-state index contributed by atoms with van der Waals surface area (Å²) in [6, 6.07) is 12.9. The molecule has 3 rings (SSSR count). The number of nitrogens with zero attached hydrogens (tertiary/aromatic N) is 2. The maximum atomic E-state index is 12.4. The first-order valence-electron chi connectivity index (χ1n) is 8.20. The SMILES string of the molecule is COc1cccc(C2CC(c3cccc(C)c3)=NN2S(C)(=O)=O)c1OC. The quantitative estimate of drug-likeness (QED) is 0.806. The van der Waals surface area contributed by atoms with Crippen molar-refractivity contribution in [3.05, 3.63) is 59.2 Å². The highest BCUT2D eigenvalue weighted by molar-refractivity contribution is 7.88. The van der Waals surface area contributed by atoms with Crippen LogP contribution >= 0.6 is 0 Å². The van der Waals surface area contributed by atoms with E-state index in [1.807, 2.05) is 43.3 Å². The van der Waals surface area contributed by atoms with Crippen LogP contribution in [0.25, 0.3) is 0 Å². The Morgan fingerprint density at radius 1 is 1.12 bits per heavy atom. The lowest BCUT2D eigenvalue weighted by Crippen LogP contribution is -2.26. The fraction of sp³-hybridized carbons (Fsp3) is 0.316. The van der Waals surface area contributed by atoms with Gasteiger partial charge in [0.15, 0.2) is 11.5 Å². The van der Waals surface area contributed by atoms with E-state index in [0.717, 1.165) is 28.7 Å². The summed E-state index contributed by atoms with van der Waals surface area (Å²) in [4.78, 5) is 0. The molecule has 0 aliphatic carbocycles. The van der Waals surface area contributed by atoms with Gasteiger partial charge in [-0.2, -0.15) is 9.52 Å². The van der Waals surface area contributed by atoms with Crippen LogP contribution in [-0.2, 0) is 10.0 Å². The molecule has 1 aliphatic heterocycles. The largest absolute Gasteiger partial charge is 0.493 e. The van der Waals surface area contributed by atoms with E-state index in [1.54, 1.807) is 20.3 Å². The Labute approximate surface area is 154 Å². The minimum atomic E-state index is -3.55. The van der Waals surface area contributed by atoms with Gasteiger partial charge < -0.3 is 9.47 Å². The van der Waals surface area contributed by atoms with Crippen LogP contribution in [0, 0.1) is 6.92 Å². The van der Waals surface area contributed by atoms with Crippen molar-refractivity contribution < 1.29 is 17.9 Å². The molecule has 0 fully saturated rings. The van der Waals surface area contributed by atoms with Crippen LogP contribution < -0.4 is 9.47 Å². The second-order valence-electron chi connectivity index (χ2n) is 6.25. The molecule has 138 valence electrons. The van der Waals surface area contributed by atoms with Crippen molar-refractivity contribution in [2.24, 2.45) is 5.10 Å². The number of benzene rings is 2. The first-order chi connectivity index (χ1) is 12.3. The van der Waals surface area contributed by atoms with Crippen LogP contribution in [0.1, 0.15) is 29.2 Å². The van der Waals surface area contributed by atoms with E-state index in [9.17, 15) is 8.42 Å².